The van der Waals surface area contributed by atoms with Gasteiger partial charge in [0.15, 0.2) is 0 Å². The molecule has 0 saturated carbocycles. The van der Waals surface area contributed by atoms with Crippen LogP contribution in [0, 0.1) is 13.8 Å². The van der Waals surface area contributed by atoms with Crippen molar-refractivity contribution in [2.24, 2.45) is 0 Å². The topological polar surface area (TPSA) is 25.2 Å². The van der Waals surface area contributed by atoms with Gasteiger partial charge in [-0.05, 0) is 62.7 Å². The molecule has 1 amide bonds. The van der Waals surface area contributed by atoms with Crippen LogP contribution >= 0.6 is 39.9 Å². The summed E-state index contributed by atoms with van der Waals surface area (Å²) in [6.45, 7) is 6.69. The zero-order valence-corrected chi connectivity index (χ0v) is 16.9. The first-order chi connectivity index (χ1) is 11.4. The highest BCUT2D eigenvalue weighted by molar-refractivity contribution is 9.10. The maximum absolute atomic E-state index is 12.4. The number of carbonyl (C=O) groups excluding carboxylic acids is 1. The summed E-state index contributed by atoms with van der Waals surface area (Å²) in [6, 6.07) is 10.3. The third kappa shape index (κ3) is 3.10. The lowest BCUT2D eigenvalue weighted by Gasteiger charge is -2.10. The average molecular weight is 421 g/mol. The third-order valence-corrected chi connectivity index (χ3v) is 5.94. The summed E-state index contributed by atoms with van der Waals surface area (Å²) in [5.74, 6) is 0.000875. The lowest BCUT2D eigenvalue weighted by Crippen LogP contribution is -2.27. The first kappa shape index (κ1) is 17.5. The Morgan fingerprint density at radius 1 is 1.25 bits per heavy atom. The zero-order chi connectivity index (χ0) is 17.4. The molecule has 0 N–H and O–H groups in total. The van der Waals surface area contributed by atoms with E-state index in [1.165, 1.54) is 11.8 Å². The van der Waals surface area contributed by atoms with E-state index in [1.54, 1.807) is 4.90 Å². The minimum Gasteiger partial charge on any atom is -0.318 e. The lowest BCUT2D eigenvalue weighted by atomic mass is 10.2. The molecule has 1 fully saturated rings. The number of rotatable bonds is 3. The van der Waals surface area contributed by atoms with Crippen molar-refractivity contribution in [3.05, 3.63) is 56.7 Å². The summed E-state index contributed by atoms with van der Waals surface area (Å²) in [5, 5.41) is 0. The maximum atomic E-state index is 12.4. The number of halogens is 1. The summed E-state index contributed by atoms with van der Waals surface area (Å²) in [4.78, 5) is 14.7. The Labute approximate surface area is 159 Å². The number of aryl methyl sites for hydroxylation is 1. The van der Waals surface area contributed by atoms with Gasteiger partial charge in [-0.1, -0.05) is 39.9 Å². The largest absolute Gasteiger partial charge is 0.318 e. The average Bonchev–Trinajstić information content (AvgIpc) is 2.97. The monoisotopic (exact) mass is 420 g/mol. The highest BCUT2D eigenvalue weighted by atomic mass is 79.9. The summed E-state index contributed by atoms with van der Waals surface area (Å²) < 4.78 is 3.88. The van der Waals surface area contributed by atoms with Crippen LogP contribution in [0.4, 0.5) is 0 Å². The molecule has 0 unspecified atom stereocenters. The Morgan fingerprint density at radius 3 is 2.50 bits per heavy atom. The number of nitrogens with zero attached hydrogens (tertiary/aromatic N) is 2. The summed E-state index contributed by atoms with van der Waals surface area (Å²) in [7, 11) is 0. The molecule has 0 bridgehead atoms. The fraction of sp³-hybridized carbons (Fsp3) is 0.222. The predicted molar refractivity (Wildman–Crippen MR) is 108 cm³/mol. The molecule has 24 heavy (non-hydrogen) atoms. The first-order valence-corrected chi connectivity index (χ1v) is 9.64. The van der Waals surface area contributed by atoms with E-state index >= 15 is 0 Å². The molecule has 2 aromatic rings. The fourth-order valence-electron chi connectivity index (χ4n) is 2.84. The quantitative estimate of drug-likeness (QED) is 0.511. The Morgan fingerprint density at radius 2 is 1.92 bits per heavy atom. The van der Waals surface area contributed by atoms with Crippen LogP contribution in [0.3, 0.4) is 0 Å². The van der Waals surface area contributed by atoms with Crippen molar-refractivity contribution in [1.82, 2.24) is 9.47 Å². The molecule has 0 radical (unpaired) electrons. The molecule has 124 valence electrons. The number of carbonyl (C=O) groups is 1. The molecule has 1 aromatic heterocycles. The lowest BCUT2D eigenvalue weighted by molar-refractivity contribution is -0.121. The fourth-order valence-corrected chi connectivity index (χ4v) is 4.47. The van der Waals surface area contributed by atoms with Crippen LogP contribution < -0.4 is 0 Å². The van der Waals surface area contributed by atoms with Gasteiger partial charge in [-0.2, -0.15) is 0 Å². The van der Waals surface area contributed by atoms with Crippen LogP contribution in [0.25, 0.3) is 11.8 Å². The van der Waals surface area contributed by atoms with Crippen molar-refractivity contribution in [2.75, 3.05) is 6.54 Å². The Bertz CT molecular complexity index is 853. The van der Waals surface area contributed by atoms with E-state index in [1.807, 2.05) is 25.1 Å². The number of thiocarbonyl (C=S) groups is 1. The van der Waals surface area contributed by atoms with Gasteiger partial charge in [0.1, 0.15) is 4.32 Å². The standard InChI is InChI=1S/C18H17BrN2OS2/c1-4-20-17(22)16(24-18(20)23)10-13-9-11(2)21(12(13)3)15-7-5-14(19)6-8-15/h5-10H,4H2,1-3H3/b16-10-. The van der Waals surface area contributed by atoms with Crippen LogP contribution in [0.15, 0.2) is 39.7 Å². The molecule has 0 aliphatic carbocycles. The van der Waals surface area contributed by atoms with Crippen molar-refractivity contribution in [2.45, 2.75) is 20.8 Å². The number of benzene rings is 1. The highest BCUT2D eigenvalue weighted by Crippen LogP contribution is 2.33. The van der Waals surface area contributed by atoms with Gasteiger partial charge in [0, 0.05) is 28.1 Å². The second-order valence-electron chi connectivity index (χ2n) is 5.56. The number of thioether (sulfide) groups is 1. The van der Waals surface area contributed by atoms with Crippen LogP contribution in [0.1, 0.15) is 23.9 Å². The van der Waals surface area contributed by atoms with Crippen LogP contribution in [0.5, 0.6) is 0 Å². The van der Waals surface area contributed by atoms with Crippen molar-refractivity contribution >= 4 is 56.2 Å². The Hall–Kier alpha value is -1.37. The summed E-state index contributed by atoms with van der Waals surface area (Å²) >= 11 is 10.1. The Balaban J connectivity index is 2.01. The molecule has 3 nitrogen and oxygen atoms in total. The minimum absolute atomic E-state index is 0.000875. The predicted octanol–water partition coefficient (Wildman–Crippen LogP) is 5.08. The van der Waals surface area contributed by atoms with Gasteiger partial charge in [0.25, 0.3) is 5.91 Å². The first-order valence-electron chi connectivity index (χ1n) is 7.62. The number of amides is 1. The number of aromatic nitrogens is 1. The minimum atomic E-state index is 0.000875. The van der Waals surface area contributed by atoms with Gasteiger partial charge in [0.2, 0.25) is 0 Å². The molecule has 1 aliphatic heterocycles. The second kappa shape index (κ2) is 6.86. The number of hydrogen-bond donors (Lipinski definition) is 0. The molecule has 1 aliphatic rings. The summed E-state index contributed by atoms with van der Waals surface area (Å²) in [6.07, 6.45) is 1.95. The molecular weight excluding hydrogens is 404 g/mol. The van der Waals surface area contributed by atoms with E-state index in [0.29, 0.717) is 15.8 Å². The molecule has 3 rings (SSSR count). The molecule has 0 atom stereocenters. The van der Waals surface area contributed by atoms with E-state index in [2.05, 4.69) is 52.5 Å². The van der Waals surface area contributed by atoms with Crippen LogP contribution in [0.2, 0.25) is 0 Å². The van der Waals surface area contributed by atoms with Crippen molar-refractivity contribution < 1.29 is 4.79 Å². The van der Waals surface area contributed by atoms with Gasteiger partial charge >= 0.3 is 0 Å². The smallest absolute Gasteiger partial charge is 0.266 e. The molecule has 1 saturated heterocycles. The molecule has 0 spiro atoms. The van der Waals surface area contributed by atoms with Crippen LogP contribution in [-0.2, 0) is 4.79 Å². The van der Waals surface area contributed by atoms with Gasteiger partial charge in [-0.3, -0.25) is 9.69 Å². The van der Waals surface area contributed by atoms with Gasteiger partial charge in [0.05, 0.1) is 4.91 Å². The van der Waals surface area contributed by atoms with Gasteiger partial charge in [-0.15, -0.1) is 0 Å². The molecule has 2 heterocycles. The van der Waals surface area contributed by atoms with E-state index in [9.17, 15) is 4.79 Å². The molecule has 1 aromatic carbocycles. The van der Waals surface area contributed by atoms with E-state index in [-0.39, 0.29) is 5.91 Å². The number of likely N-dealkylation sites (N-methyl/N-ethyl adjacent to an activating group) is 1. The zero-order valence-electron chi connectivity index (χ0n) is 13.7. The van der Waals surface area contributed by atoms with Gasteiger partial charge in [-0.25, -0.2) is 0 Å². The van der Waals surface area contributed by atoms with E-state index in [0.717, 1.165) is 27.1 Å². The highest BCUT2D eigenvalue weighted by Gasteiger charge is 2.30. The maximum Gasteiger partial charge on any atom is 0.266 e. The summed E-state index contributed by atoms with van der Waals surface area (Å²) in [5.41, 5.74) is 4.39. The molecule has 6 heteroatoms. The second-order valence-corrected chi connectivity index (χ2v) is 8.16. The molecular formula is C18H17BrN2OS2. The van der Waals surface area contributed by atoms with Crippen molar-refractivity contribution in [3.8, 4) is 5.69 Å². The normalized spacial score (nSPS) is 16.5. The Kier molecular flexibility index (Phi) is 4.99. The van der Waals surface area contributed by atoms with E-state index < -0.39 is 0 Å². The van der Waals surface area contributed by atoms with Crippen molar-refractivity contribution in [3.63, 3.8) is 0 Å². The van der Waals surface area contributed by atoms with E-state index in [4.69, 9.17) is 12.2 Å². The SMILES string of the molecule is CCN1C(=O)/C(=C/c2cc(C)n(-c3ccc(Br)cc3)c2C)SC1=S. The third-order valence-electron chi connectivity index (χ3n) is 4.03. The van der Waals surface area contributed by atoms with Crippen molar-refractivity contribution in [1.29, 1.82) is 0 Å². The van der Waals surface area contributed by atoms with Gasteiger partial charge < -0.3 is 4.57 Å². The van der Waals surface area contributed by atoms with Crippen LogP contribution in [-0.4, -0.2) is 26.2 Å². The number of hydrogen-bond acceptors (Lipinski definition) is 3.